The number of hydrogen-bond donors (Lipinski definition) is 1. The van der Waals surface area contributed by atoms with Crippen LogP contribution < -0.4 is 5.32 Å². The maximum Gasteiger partial charge on any atom is 0.0480 e. The van der Waals surface area contributed by atoms with Crippen LogP contribution >= 0.6 is 0 Å². The zero-order chi connectivity index (χ0) is 9.10. The van der Waals surface area contributed by atoms with Gasteiger partial charge in [0.1, 0.15) is 0 Å². The first kappa shape index (κ1) is 9.44. The molecule has 0 aromatic heterocycles. The van der Waals surface area contributed by atoms with Gasteiger partial charge in [0, 0.05) is 44.9 Å². The van der Waals surface area contributed by atoms with Gasteiger partial charge < -0.3 is 10.1 Å². The van der Waals surface area contributed by atoms with E-state index in [1.54, 1.807) is 0 Å². The highest BCUT2D eigenvalue weighted by Crippen LogP contribution is 2.15. The minimum Gasteiger partial charge on any atom is -0.381 e. The molecular weight excluding hydrogens is 164 g/mol. The van der Waals surface area contributed by atoms with Crippen molar-refractivity contribution in [2.75, 3.05) is 32.8 Å². The topological polar surface area (TPSA) is 24.5 Å². The molecule has 0 radical (unpaired) electrons. The van der Waals surface area contributed by atoms with E-state index in [9.17, 15) is 0 Å². The molecule has 76 valence electrons. The summed E-state index contributed by atoms with van der Waals surface area (Å²) in [5.41, 5.74) is 0. The molecule has 13 heavy (non-hydrogen) atoms. The molecule has 0 aliphatic carbocycles. The summed E-state index contributed by atoms with van der Waals surface area (Å²) in [6.45, 7) is 7.77. The van der Waals surface area contributed by atoms with Crippen LogP contribution in [0.5, 0.6) is 0 Å². The van der Waals surface area contributed by atoms with Gasteiger partial charge in [-0.1, -0.05) is 0 Å². The van der Waals surface area contributed by atoms with Crippen molar-refractivity contribution in [1.82, 2.24) is 10.2 Å². The Morgan fingerprint density at radius 1 is 1.31 bits per heavy atom. The number of ether oxygens (including phenoxy) is 1. The Morgan fingerprint density at radius 2 is 2.08 bits per heavy atom. The summed E-state index contributed by atoms with van der Waals surface area (Å²) in [5, 5.41) is 3.48. The Morgan fingerprint density at radius 3 is 2.77 bits per heavy atom. The smallest absolute Gasteiger partial charge is 0.0480 e. The summed E-state index contributed by atoms with van der Waals surface area (Å²) in [6, 6.07) is 1.45. The van der Waals surface area contributed by atoms with Crippen molar-refractivity contribution >= 4 is 0 Å². The van der Waals surface area contributed by atoms with E-state index in [1.165, 1.54) is 25.9 Å². The molecule has 1 atom stereocenters. The lowest BCUT2D eigenvalue weighted by Crippen LogP contribution is -2.53. The summed E-state index contributed by atoms with van der Waals surface area (Å²) in [4.78, 5) is 2.63. The molecule has 1 N–H and O–H groups in total. The third kappa shape index (κ3) is 2.42. The van der Waals surface area contributed by atoms with Gasteiger partial charge in [-0.05, 0) is 19.8 Å². The van der Waals surface area contributed by atoms with E-state index < -0.39 is 0 Å². The van der Waals surface area contributed by atoms with Gasteiger partial charge >= 0.3 is 0 Å². The number of hydrogen-bond acceptors (Lipinski definition) is 3. The lowest BCUT2D eigenvalue weighted by atomic mass is 10.1. The van der Waals surface area contributed by atoms with Crippen LogP contribution in [0.15, 0.2) is 0 Å². The van der Waals surface area contributed by atoms with Gasteiger partial charge in [0.15, 0.2) is 0 Å². The Hall–Kier alpha value is -0.120. The second-order valence-corrected chi connectivity index (χ2v) is 4.19. The molecule has 0 saturated carbocycles. The number of piperazine rings is 1. The molecule has 0 amide bonds. The Labute approximate surface area is 80.4 Å². The average molecular weight is 184 g/mol. The van der Waals surface area contributed by atoms with E-state index in [1.807, 2.05) is 0 Å². The van der Waals surface area contributed by atoms with Crippen molar-refractivity contribution in [3.63, 3.8) is 0 Å². The van der Waals surface area contributed by atoms with E-state index in [2.05, 4.69) is 17.1 Å². The number of nitrogens with zero attached hydrogens (tertiary/aromatic N) is 1. The summed E-state index contributed by atoms with van der Waals surface area (Å²) in [5.74, 6) is 0. The summed E-state index contributed by atoms with van der Waals surface area (Å²) >= 11 is 0. The highest BCUT2D eigenvalue weighted by Gasteiger charge is 2.24. The normalized spacial score (nSPS) is 33.5. The van der Waals surface area contributed by atoms with Gasteiger partial charge in [0.05, 0.1) is 0 Å². The molecule has 0 aromatic rings. The van der Waals surface area contributed by atoms with Crippen LogP contribution in [-0.2, 0) is 4.74 Å². The van der Waals surface area contributed by atoms with Gasteiger partial charge in [-0.25, -0.2) is 0 Å². The molecule has 2 aliphatic rings. The number of rotatable bonds is 1. The third-order valence-electron chi connectivity index (χ3n) is 3.11. The van der Waals surface area contributed by atoms with Crippen LogP contribution in [0.2, 0.25) is 0 Å². The van der Waals surface area contributed by atoms with Crippen molar-refractivity contribution in [2.24, 2.45) is 0 Å². The monoisotopic (exact) mass is 184 g/mol. The first-order valence-corrected chi connectivity index (χ1v) is 5.41. The predicted molar refractivity (Wildman–Crippen MR) is 52.9 cm³/mol. The molecule has 0 unspecified atom stereocenters. The maximum absolute atomic E-state index is 5.38. The number of nitrogens with one attached hydrogen (secondary N) is 1. The molecule has 2 saturated heterocycles. The molecule has 0 bridgehead atoms. The zero-order valence-electron chi connectivity index (χ0n) is 8.46. The fourth-order valence-electron chi connectivity index (χ4n) is 2.34. The van der Waals surface area contributed by atoms with Crippen molar-refractivity contribution in [3.8, 4) is 0 Å². The SMILES string of the molecule is C[C@@H]1CN(C2CCOCC2)CCN1. The molecule has 3 nitrogen and oxygen atoms in total. The largest absolute Gasteiger partial charge is 0.381 e. The molecule has 2 heterocycles. The van der Waals surface area contributed by atoms with Crippen LogP contribution in [0, 0.1) is 0 Å². The maximum atomic E-state index is 5.38. The van der Waals surface area contributed by atoms with Crippen LogP contribution in [0.4, 0.5) is 0 Å². The van der Waals surface area contributed by atoms with E-state index >= 15 is 0 Å². The summed E-state index contributed by atoms with van der Waals surface area (Å²) in [6.07, 6.45) is 2.46. The zero-order valence-corrected chi connectivity index (χ0v) is 8.46. The standard InChI is InChI=1S/C10H20N2O/c1-9-8-12(5-4-11-9)10-2-6-13-7-3-10/h9-11H,2-8H2,1H3/t9-/m1/s1. The highest BCUT2D eigenvalue weighted by atomic mass is 16.5. The van der Waals surface area contributed by atoms with E-state index in [-0.39, 0.29) is 0 Å². The summed E-state index contributed by atoms with van der Waals surface area (Å²) in [7, 11) is 0. The molecule has 2 fully saturated rings. The predicted octanol–water partition coefficient (Wildman–Crippen LogP) is 0.459. The Bertz CT molecular complexity index is 157. The van der Waals surface area contributed by atoms with Crippen LogP contribution in [0.3, 0.4) is 0 Å². The van der Waals surface area contributed by atoms with Crippen LogP contribution in [-0.4, -0.2) is 49.8 Å². The van der Waals surface area contributed by atoms with Gasteiger partial charge in [0.25, 0.3) is 0 Å². The third-order valence-corrected chi connectivity index (χ3v) is 3.11. The minimum atomic E-state index is 0.664. The fourth-order valence-corrected chi connectivity index (χ4v) is 2.34. The second-order valence-electron chi connectivity index (χ2n) is 4.19. The summed E-state index contributed by atoms with van der Waals surface area (Å²) < 4.78 is 5.38. The molecular formula is C10H20N2O. The molecule has 0 aromatic carbocycles. The van der Waals surface area contributed by atoms with E-state index in [4.69, 9.17) is 4.74 Å². The van der Waals surface area contributed by atoms with Crippen LogP contribution in [0.1, 0.15) is 19.8 Å². The first-order chi connectivity index (χ1) is 6.36. The van der Waals surface area contributed by atoms with Crippen molar-refractivity contribution < 1.29 is 4.74 Å². The average Bonchev–Trinajstić information content (AvgIpc) is 2.19. The van der Waals surface area contributed by atoms with Crippen molar-refractivity contribution in [1.29, 1.82) is 0 Å². The van der Waals surface area contributed by atoms with E-state index in [0.717, 1.165) is 25.8 Å². The van der Waals surface area contributed by atoms with Gasteiger partial charge in [-0.2, -0.15) is 0 Å². The Balaban J connectivity index is 1.83. The lowest BCUT2D eigenvalue weighted by molar-refractivity contribution is 0.0246. The van der Waals surface area contributed by atoms with Crippen molar-refractivity contribution in [2.45, 2.75) is 31.8 Å². The lowest BCUT2D eigenvalue weighted by Gasteiger charge is -2.39. The molecule has 2 rings (SSSR count). The van der Waals surface area contributed by atoms with Gasteiger partial charge in [-0.15, -0.1) is 0 Å². The fraction of sp³-hybridized carbons (Fsp3) is 1.00. The second kappa shape index (κ2) is 4.40. The first-order valence-electron chi connectivity index (χ1n) is 5.41. The molecule has 2 aliphatic heterocycles. The van der Waals surface area contributed by atoms with Gasteiger partial charge in [0.2, 0.25) is 0 Å². The van der Waals surface area contributed by atoms with Crippen LogP contribution in [0.25, 0.3) is 0 Å². The quantitative estimate of drug-likeness (QED) is 0.641. The highest BCUT2D eigenvalue weighted by molar-refractivity contribution is 4.82. The van der Waals surface area contributed by atoms with E-state index in [0.29, 0.717) is 6.04 Å². The Kier molecular flexibility index (Phi) is 3.19. The van der Waals surface area contributed by atoms with Crippen molar-refractivity contribution in [3.05, 3.63) is 0 Å². The molecule has 3 heteroatoms. The minimum absolute atomic E-state index is 0.664. The van der Waals surface area contributed by atoms with Gasteiger partial charge in [-0.3, -0.25) is 4.90 Å². The molecule has 0 spiro atoms.